The molecule has 0 fully saturated rings. The predicted molar refractivity (Wildman–Crippen MR) is 86.8 cm³/mol. The molecule has 1 aromatic rings. The molecule has 0 N–H and O–H groups in total. The zero-order valence-corrected chi connectivity index (χ0v) is 14.7. The van der Waals surface area contributed by atoms with Crippen LogP contribution in [0.15, 0.2) is 40.6 Å². The first kappa shape index (κ1) is 16.3. The highest BCUT2D eigenvalue weighted by atomic mass is 32.2. The first-order valence-corrected chi connectivity index (χ1v) is 10.5. The summed E-state index contributed by atoms with van der Waals surface area (Å²) < 4.78 is 6.37. The summed E-state index contributed by atoms with van der Waals surface area (Å²) in [6, 6.07) is 5.95. The molecule has 2 nitrogen and oxygen atoms in total. The Hall–Kier alpha value is -0.743. The van der Waals surface area contributed by atoms with E-state index >= 15 is 0 Å². The van der Waals surface area contributed by atoms with Crippen molar-refractivity contribution >= 4 is 20.1 Å². The van der Waals surface area contributed by atoms with Gasteiger partial charge < -0.3 is 4.43 Å². The lowest BCUT2D eigenvalue weighted by Crippen LogP contribution is -2.40. The monoisotopic (exact) mass is 295 g/mol. The fourth-order valence-corrected chi connectivity index (χ4v) is 3.59. The summed E-state index contributed by atoms with van der Waals surface area (Å²) in [7, 11) is -1.78. The number of aromatic nitrogens is 1. The standard InChI is InChI=1S/C15H25NOSSi/c1-7-10-14(17-19(5,6)15(2,3)4)18-13-11-8-9-12-16-13/h8-12H,7H2,1-6H3. The summed E-state index contributed by atoms with van der Waals surface area (Å²) in [5.74, 6) is 0. The van der Waals surface area contributed by atoms with Gasteiger partial charge in [0.15, 0.2) is 0 Å². The summed E-state index contributed by atoms with van der Waals surface area (Å²) in [6.45, 7) is 13.5. The number of allylic oxidation sites excluding steroid dienone is 1. The van der Waals surface area contributed by atoms with Crippen LogP contribution in [-0.2, 0) is 4.43 Å². The van der Waals surface area contributed by atoms with Crippen LogP contribution in [0.5, 0.6) is 0 Å². The molecule has 0 aliphatic rings. The third kappa shape index (κ3) is 5.03. The van der Waals surface area contributed by atoms with Crippen LogP contribution in [0.3, 0.4) is 0 Å². The first-order chi connectivity index (χ1) is 8.76. The molecular weight excluding hydrogens is 270 g/mol. The van der Waals surface area contributed by atoms with E-state index in [1.165, 1.54) is 0 Å². The van der Waals surface area contributed by atoms with Crippen molar-refractivity contribution in [3.63, 3.8) is 0 Å². The quantitative estimate of drug-likeness (QED) is 0.410. The van der Waals surface area contributed by atoms with Crippen molar-refractivity contribution in [3.05, 3.63) is 35.6 Å². The fraction of sp³-hybridized carbons (Fsp3) is 0.533. The number of rotatable bonds is 5. The summed E-state index contributed by atoms with van der Waals surface area (Å²) in [6.07, 6.45) is 4.95. The van der Waals surface area contributed by atoms with Gasteiger partial charge in [-0.25, -0.2) is 4.98 Å². The van der Waals surface area contributed by atoms with Crippen LogP contribution in [0.2, 0.25) is 18.1 Å². The van der Waals surface area contributed by atoms with E-state index in [1.54, 1.807) is 11.8 Å². The van der Waals surface area contributed by atoms with Gasteiger partial charge in [-0.2, -0.15) is 0 Å². The van der Waals surface area contributed by atoms with Gasteiger partial charge in [0.05, 0.1) is 0 Å². The second kappa shape index (κ2) is 6.62. The van der Waals surface area contributed by atoms with Crippen molar-refractivity contribution in [1.29, 1.82) is 0 Å². The van der Waals surface area contributed by atoms with Crippen LogP contribution in [-0.4, -0.2) is 13.3 Å². The lowest BCUT2D eigenvalue weighted by Gasteiger charge is -2.37. The number of pyridine rings is 1. The number of hydrogen-bond acceptors (Lipinski definition) is 3. The van der Waals surface area contributed by atoms with Gasteiger partial charge in [0.1, 0.15) is 10.1 Å². The van der Waals surface area contributed by atoms with Gasteiger partial charge in [0, 0.05) is 6.20 Å². The number of nitrogens with zero attached hydrogens (tertiary/aromatic N) is 1. The first-order valence-electron chi connectivity index (χ1n) is 6.74. The van der Waals surface area contributed by atoms with E-state index in [9.17, 15) is 0 Å². The van der Waals surface area contributed by atoms with Gasteiger partial charge in [-0.1, -0.05) is 33.8 Å². The normalized spacial score (nSPS) is 13.5. The van der Waals surface area contributed by atoms with Crippen LogP contribution >= 0.6 is 11.8 Å². The van der Waals surface area contributed by atoms with E-state index in [0.717, 1.165) is 16.5 Å². The minimum atomic E-state index is -1.78. The van der Waals surface area contributed by atoms with Gasteiger partial charge in [-0.05, 0) is 54.5 Å². The third-order valence-corrected chi connectivity index (χ3v) is 8.77. The van der Waals surface area contributed by atoms with Crippen LogP contribution in [0.1, 0.15) is 34.1 Å². The maximum atomic E-state index is 6.37. The van der Waals surface area contributed by atoms with Crippen molar-refractivity contribution in [2.75, 3.05) is 0 Å². The van der Waals surface area contributed by atoms with Crippen LogP contribution < -0.4 is 0 Å². The maximum Gasteiger partial charge on any atom is 0.251 e. The lowest BCUT2D eigenvalue weighted by molar-refractivity contribution is 0.416. The van der Waals surface area contributed by atoms with Crippen molar-refractivity contribution in [2.24, 2.45) is 0 Å². The largest absolute Gasteiger partial charge is 0.539 e. The minimum Gasteiger partial charge on any atom is -0.539 e. The Bertz CT molecular complexity index is 424. The summed E-state index contributed by atoms with van der Waals surface area (Å²) in [5, 5.41) is 2.19. The molecule has 1 rings (SSSR count). The maximum absolute atomic E-state index is 6.37. The molecule has 0 aromatic carbocycles. The molecule has 106 valence electrons. The molecule has 0 saturated carbocycles. The average Bonchev–Trinajstić information content (AvgIpc) is 2.28. The zero-order valence-electron chi connectivity index (χ0n) is 12.9. The van der Waals surface area contributed by atoms with Crippen LogP contribution in [0.4, 0.5) is 0 Å². The van der Waals surface area contributed by atoms with Crippen LogP contribution in [0.25, 0.3) is 0 Å². The van der Waals surface area contributed by atoms with E-state index in [1.807, 2.05) is 24.4 Å². The second-order valence-corrected chi connectivity index (χ2v) is 11.8. The Balaban J connectivity index is 2.83. The zero-order chi connectivity index (χ0) is 14.5. The molecule has 19 heavy (non-hydrogen) atoms. The molecule has 0 unspecified atom stereocenters. The van der Waals surface area contributed by atoms with E-state index in [0.29, 0.717) is 0 Å². The van der Waals surface area contributed by atoms with Crippen molar-refractivity contribution in [2.45, 2.75) is 57.3 Å². The molecule has 1 heterocycles. The summed E-state index contributed by atoms with van der Waals surface area (Å²) in [4.78, 5) is 4.35. The predicted octanol–water partition coefficient (Wildman–Crippen LogP) is 5.45. The molecule has 0 radical (unpaired) electrons. The molecule has 0 amide bonds. The Morgan fingerprint density at radius 2 is 2.05 bits per heavy atom. The van der Waals surface area contributed by atoms with Crippen molar-refractivity contribution in [1.82, 2.24) is 4.98 Å². The highest BCUT2D eigenvalue weighted by Gasteiger charge is 2.39. The van der Waals surface area contributed by atoms with Gasteiger partial charge in [0.25, 0.3) is 8.32 Å². The van der Waals surface area contributed by atoms with Gasteiger partial charge >= 0.3 is 0 Å². The molecule has 0 aliphatic heterocycles. The minimum absolute atomic E-state index is 0.213. The van der Waals surface area contributed by atoms with Gasteiger partial charge in [-0.15, -0.1) is 0 Å². The Kier molecular flexibility index (Phi) is 5.68. The lowest BCUT2D eigenvalue weighted by atomic mass is 10.2. The Labute approximate surface area is 122 Å². The topological polar surface area (TPSA) is 22.1 Å². The molecule has 0 atom stereocenters. The van der Waals surface area contributed by atoms with E-state index in [2.05, 4.69) is 51.8 Å². The van der Waals surface area contributed by atoms with Crippen LogP contribution in [0, 0.1) is 0 Å². The Morgan fingerprint density at radius 3 is 2.53 bits per heavy atom. The Morgan fingerprint density at radius 1 is 1.37 bits per heavy atom. The SMILES string of the molecule is CCC=C(O[Si](C)(C)C(C)(C)C)Sc1ccccn1. The highest BCUT2D eigenvalue weighted by molar-refractivity contribution is 8.02. The molecule has 0 bridgehead atoms. The smallest absolute Gasteiger partial charge is 0.251 e. The molecule has 4 heteroatoms. The van der Waals surface area contributed by atoms with E-state index in [4.69, 9.17) is 4.43 Å². The van der Waals surface area contributed by atoms with Gasteiger partial charge in [0.2, 0.25) is 0 Å². The fourth-order valence-electron chi connectivity index (χ4n) is 1.19. The summed E-state index contributed by atoms with van der Waals surface area (Å²) >= 11 is 1.62. The van der Waals surface area contributed by atoms with Crippen molar-refractivity contribution < 1.29 is 4.43 Å². The number of thioether (sulfide) groups is 1. The second-order valence-electron chi connectivity index (χ2n) is 6.06. The van der Waals surface area contributed by atoms with E-state index < -0.39 is 8.32 Å². The van der Waals surface area contributed by atoms with Gasteiger partial charge in [-0.3, -0.25) is 0 Å². The molecule has 1 aromatic heterocycles. The molecule has 0 spiro atoms. The van der Waals surface area contributed by atoms with Crippen molar-refractivity contribution in [3.8, 4) is 0 Å². The third-order valence-electron chi connectivity index (χ3n) is 3.38. The molecule has 0 aliphatic carbocycles. The highest BCUT2D eigenvalue weighted by Crippen LogP contribution is 2.40. The number of hydrogen-bond donors (Lipinski definition) is 0. The average molecular weight is 296 g/mol. The molecule has 0 saturated heterocycles. The van der Waals surface area contributed by atoms with E-state index in [-0.39, 0.29) is 5.04 Å². The summed E-state index contributed by atoms with van der Waals surface area (Å²) in [5.41, 5.74) is 0. The molecular formula is C15H25NOSSi.